The molecular formula is C13H11NO4. The quantitative estimate of drug-likeness (QED) is 0.798. The van der Waals surface area contributed by atoms with E-state index in [0.717, 1.165) is 10.9 Å². The van der Waals surface area contributed by atoms with Crippen molar-refractivity contribution in [1.82, 2.24) is 4.98 Å². The van der Waals surface area contributed by atoms with Gasteiger partial charge in [0.2, 0.25) is 0 Å². The minimum Gasteiger partial charge on any atom is -0.481 e. The Kier molecular flexibility index (Phi) is 3.23. The number of pyridine rings is 1. The second kappa shape index (κ2) is 4.83. The molecule has 2 rings (SSSR count). The minimum atomic E-state index is -1.46. The molecule has 0 aliphatic rings. The van der Waals surface area contributed by atoms with Gasteiger partial charge in [0.25, 0.3) is 0 Å². The molecule has 0 fully saturated rings. The maximum Gasteiger partial charge on any atom is 0.318 e. The summed E-state index contributed by atoms with van der Waals surface area (Å²) in [6.07, 6.45) is -0.116. The van der Waals surface area contributed by atoms with E-state index in [1.807, 2.05) is 18.2 Å². The van der Waals surface area contributed by atoms with Crippen molar-refractivity contribution in [2.75, 3.05) is 0 Å². The van der Waals surface area contributed by atoms with Crippen LogP contribution >= 0.6 is 0 Å². The molecule has 1 aromatic heterocycles. The lowest BCUT2D eigenvalue weighted by atomic mass is 10.0. The first-order valence-corrected chi connectivity index (χ1v) is 5.38. The van der Waals surface area contributed by atoms with Crippen LogP contribution in [0, 0.1) is 5.92 Å². The third kappa shape index (κ3) is 2.45. The number of para-hydroxylation sites is 1. The Morgan fingerprint density at radius 1 is 1.06 bits per heavy atom. The molecule has 0 atom stereocenters. The third-order valence-corrected chi connectivity index (χ3v) is 2.67. The first-order valence-electron chi connectivity index (χ1n) is 5.38. The average Bonchev–Trinajstić information content (AvgIpc) is 2.35. The molecule has 5 nitrogen and oxygen atoms in total. The molecule has 18 heavy (non-hydrogen) atoms. The second-order valence-corrected chi connectivity index (χ2v) is 3.93. The number of carboxylic acids is 2. The van der Waals surface area contributed by atoms with Gasteiger partial charge in [-0.25, -0.2) is 0 Å². The topological polar surface area (TPSA) is 87.5 Å². The highest BCUT2D eigenvalue weighted by Crippen LogP contribution is 2.14. The summed E-state index contributed by atoms with van der Waals surface area (Å²) >= 11 is 0. The highest BCUT2D eigenvalue weighted by Gasteiger charge is 2.26. The zero-order valence-corrected chi connectivity index (χ0v) is 9.41. The zero-order chi connectivity index (χ0) is 13.1. The first kappa shape index (κ1) is 12.0. The van der Waals surface area contributed by atoms with Crippen LogP contribution in [0.1, 0.15) is 5.69 Å². The molecule has 0 aliphatic heterocycles. The Labute approximate surface area is 103 Å². The summed E-state index contributed by atoms with van der Waals surface area (Å²) in [6.45, 7) is 0. The lowest BCUT2D eigenvalue weighted by Crippen LogP contribution is -2.25. The number of aromatic nitrogens is 1. The Morgan fingerprint density at radius 2 is 1.72 bits per heavy atom. The highest BCUT2D eigenvalue weighted by atomic mass is 16.4. The second-order valence-electron chi connectivity index (χ2n) is 3.93. The van der Waals surface area contributed by atoms with E-state index in [2.05, 4.69) is 4.98 Å². The van der Waals surface area contributed by atoms with Gasteiger partial charge in [-0.2, -0.15) is 0 Å². The molecule has 0 bridgehead atoms. The largest absolute Gasteiger partial charge is 0.481 e. The van der Waals surface area contributed by atoms with Crippen molar-refractivity contribution in [3.05, 3.63) is 42.1 Å². The smallest absolute Gasteiger partial charge is 0.318 e. The van der Waals surface area contributed by atoms with Crippen LogP contribution in [0.15, 0.2) is 36.4 Å². The predicted octanol–water partition coefficient (Wildman–Crippen LogP) is 1.56. The fraction of sp³-hybridized carbons (Fsp3) is 0.154. The van der Waals surface area contributed by atoms with Crippen LogP contribution in [0.25, 0.3) is 10.9 Å². The van der Waals surface area contributed by atoms with Gasteiger partial charge in [-0.05, 0) is 12.1 Å². The summed E-state index contributed by atoms with van der Waals surface area (Å²) in [7, 11) is 0. The highest BCUT2D eigenvalue weighted by molar-refractivity contribution is 5.93. The normalized spacial score (nSPS) is 10.7. The molecule has 0 amide bonds. The predicted molar refractivity (Wildman–Crippen MR) is 64.2 cm³/mol. The Bertz CT molecular complexity index is 595. The molecule has 5 heteroatoms. The Morgan fingerprint density at radius 3 is 2.39 bits per heavy atom. The van der Waals surface area contributed by atoms with Gasteiger partial charge in [0.05, 0.1) is 5.52 Å². The molecule has 0 saturated heterocycles. The molecule has 0 saturated carbocycles. The lowest BCUT2D eigenvalue weighted by molar-refractivity contribution is -0.154. The van der Waals surface area contributed by atoms with E-state index >= 15 is 0 Å². The Hall–Kier alpha value is -2.43. The molecule has 0 radical (unpaired) electrons. The van der Waals surface area contributed by atoms with Gasteiger partial charge >= 0.3 is 11.9 Å². The number of hydrogen-bond acceptors (Lipinski definition) is 3. The number of hydrogen-bond donors (Lipinski definition) is 2. The minimum absolute atomic E-state index is 0.116. The number of aliphatic carboxylic acids is 2. The number of carboxylic acid groups (broad SMARTS) is 2. The van der Waals surface area contributed by atoms with Gasteiger partial charge in [0, 0.05) is 17.5 Å². The van der Waals surface area contributed by atoms with Gasteiger partial charge in [0.15, 0.2) is 5.92 Å². The number of rotatable bonds is 4. The van der Waals surface area contributed by atoms with Crippen LogP contribution < -0.4 is 0 Å². The van der Waals surface area contributed by atoms with E-state index in [0.29, 0.717) is 5.69 Å². The van der Waals surface area contributed by atoms with E-state index in [1.165, 1.54) is 0 Å². The maximum atomic E-state index is 10.8. The Balaban J connectivity index is 2.31. The number of fused-ring (bicyclic) bond motifs is 1. The van der Waals surface area contributed by atoms with Gasteiger partial charge in [-0.15, -0.1) is 0 Å². The van der Waals surface area contributed by atoms with E-state index in [-0.39, 0.29) is 6.42 Å². The summed E-state index contributed by atoms with van der Waals surface area (Å²) in [5.74, 6) is -4.16. The average molecular weight is 245 g/mol. The summed E-state index contributed by atoms with van der Waals surface area (Å²) in [5, 5.41) is 18.6. The molecule has 1 heterocycles. The van der Waals surface area contributed by atoms with E-state index in [1.54, 1.807) is 18.2 Å². The van der Waals surface area contributed by atoms with E-state index in [9.17, 15) is 9.59 Å². The SMILES string of the molecule is O=C(O)C(Cc1ccc2ccccc2n1)C(=O)O. The van der Waals surface area contributed by atoms with Crippen molar-refractivity contribution in [3.63, 3.8) is 0 Å². The van der Waals surface area contributed by atoms with Crippen molar-refractivity contribution in [2.24, 2.45) is 5.92 Å². The molecule has 0 aliphatic carbocycles. The van der Waals surface area contributed by atoms with Crippen molar-refractivity contribution >= 4 is 22.8 Å². The summed E-state index contributed by atoms with van der Waals surface area (Å²) in [4.78, 5) is 25.9. The number of benzene rings is 1. The molecule has 0 spiro atoms. The van der Waals surface area contributed by atoms with Crippen molar-refractivity contribution < 1.29 is 19.8 Å². The monoisotopic (exact) mass is 245 g/mol. The van der Waals surface area contributed by atoms with Crippen LogP contribution in [-0.2, 0) is 16.0 Å². The molecule has 2 aromatic rings. The van der Waals surface area contributed by atoms with Crippen LogP contribution in [0.2, 0.25) is 0 Å². The van der Waals surface area contributed by atoms with Crippen molar-refractivity contribution in [2.45, 2.75) is 6.42 Å². The fourth-order valence-electron chi connectivity index (χ4n) is 1.71. The van der Waals surface area contributed by atoms with Gasteiger partial charge in [-0.1, -0.05) is 24.3 Å². The van der Waals surface area contributed by atoms with Crippen molar-refractivity contribution in [3.8, 4) is 0 Å². The van der Waals surface area contributed by atoms with Gasteiger partial charge in [0.1, 0.15) is 0 Å². The van der Waals surface area contributed by atoms with Crippen LogP contribution in [0.4, 0.5) is 0 Å². The van der Waals surface area contributed by atoms with E-state index in [4.69, 9.17) is 10.2 Å². The van der Waals surface area contributed by atoms with Gasteiger partial charge in [-0.3, -0.25) is 14.6 Å². The zero-order valence-electron chi connectivity index (χ0n) is 9.41. The van der Waals surface area contributed by atoms with E-state index < -0.39 is 17.9 Å². The van der Waals surface area contributed by atoms with Crippen LogP contribution in [0.5, 0.6) is 0 Å². The molecule has 2 N–H and O–H groups in total. The lowest BCUT2D eigenvalue weighted by Gasteiger charge is -2.07. The third-order valence-electron chi connectivity index (χ3n) is 2.67. The number of nitrogens with zero attached hydrogens (tertiary/aromatic N) is 1. The fourth-order valence-corrected chi connectivity index (χ4v) is 1.71. The van der Waals surface area contributed by atoms with Crippen molar-refractivity contribution in [1.29, 1.82) is 0 Å². The maximum absolute atomic E-state index is 10.8. The van der Waals surface area contributed by atoms with Crippen LogP contribution in [-0.4, -0.2) is 27.1 Å². The summed E-state index contributed by atoms with van der Waals surface area (Å²) in [6, 6.07) is 10.8. The van der Waals surface area contributed by atoms with Gasteiger partial charge < -0.3 is 10.2 Å². The summed E-state index contributed by atoms with van der Waals surface area (Å²) < 4.78 is 0. The van der Waals surface area contributed by atoms with Crippen LogP contribution in [0.3, 0.4) is 0 Å². The molecular weight excluding hydrogens is 234 g/mol. The molecule has 0 unspecified atom stereocenters. The molecule has 92 valence electrons. The number of carbonyl (C=O) groups is 2. The summed E-state index contributed by atoms with van der Waals surface area (Å²) in [5.41, 5.74) is 1.19. The standard InChI is InChI=1S/C13H11NO4/c15-12(16)10(13(17)18)7-9-6-5-8-3-1-2-4-11(8)14-9/h1-6,10H,7H2,(H,15,16)(H,17,18). The first-order chi connectivity index (χ1) is 8.58. The molecule has 1 aromatic carbocycles.